The second-order valence-corrected chi connectivity index (χ2v) is 5.82. The average Bonchev–Trinajstić information content (AvgIpc) is 2.59. The van der Waals surface area contributed by atoms with Crippen molar-refractivity contribution in [2.75, 3.05) is 25.1 Å². The number of methoxy groups -OCH3 is 1. The molecule has 0 radical (unpaired) electrons. The maximum Gasteiger partial charge on any atom is 0.330 e. The topological polar surface area (TPSA) is 102 Å². The highest BCUT2D eigenvalue weighted by molar-refractivity contribution is 5.87. The summed E-state index contributed by atoms with van der Waals surface area (Å²) in [5.41, 5.74) is 1.08. The third-order valence-corrected chi connectivity index (χ3v) is 4.05. The Hall–Kier alpha value is -2.90. The first kappa shape index (κ1) is 18.4. The van der Waals surface area contributed by atoms with Gasteiger partial charge in [0.05, 0.1) is 12.0 Å². The minimum Gasteiger partial charge on any atom is -0.466 e. The van der Waals surface area contributed by atoms with Crippen LogP contribution in [0.4, 0.5) is 11.4 Å². The number of nitro groups is 1. The number of hydrogen-bond donors (Lipinski definition) is 1. The normalized spacial score (nSPS) is 15.2. The number of carbonyl (C=O) groups is 2. The second-order valence-electron chi connectivity index (χ2n) is 5.82. The summed E-state index contributed by atoms with van der Waals surface area (Å²) in [4.78, 5) is 35.2. The van der Waals surface area contributed by atoms with Crippen LogP contribution in [0.2, 0.25) is 0 Å². The number of hydrogen-bond acceptors (Lipinski definition) is 6. The number of nitrogens with one attached hydrogen (secondary N) is 1. The number of amides is 1. The molecule has 1 N–H and O–H groups in total. The van der Waals surface area contributed by atoms with Gasteiger partial charge in [-0.2, -0.15) is 0 Å². The number of carbonyl (C=O) groups excluding carboxylic acids is 2. The average molecular weight is 347 g/mol. The number of nitrogens with zero attached hydrogens (tertiary/aromatic N) is 2. The van der Waals surface area contributed by atoms with Gasteiger partial charge in [-0.3, -0.25) is 14.9 Å². The first-order chi connectivity index (χ1) is 11.9. The van der Waals surface area contributed by atoms with Gasteiger partial charge >= 0.3 is 5.97 Å². The van der Waals surface area contributed by atoms with Crippen LogP contribution >= 0.6 is 0 Å². The smallest absolute Gasteiger partial charge is 0.330 e. The van der Waals surface area contributed by atoms with E-state index in [-0.39, 0.29) is 17.6 Å². The van der Waals surface area contributed by atoms with Gasteiger partial charge in [-0.1, -0.05) is 6.07 Å². The van der Waals surface area contributed by atoms with E-state index in [9.17, 15) is 19.7 Å². The summed E-state index contributed by atoms with van der Waals surface area (Å²) >= 11 is 0. The van der Waals surface area contributed by atoms with Gasteiger partial charge < -0.3 is 15.0 Å². The lowest BCUT2D eigenvalue weighted by Gasteiger charge is -2.33. The van der Waals surface area contributed by atoms with Crippen LogP contribution in [-0.4, -0.2) is 43.0 Å². The summed E-state index contributed by atoms with van der Waals surface area (Å²) in [6.07, 6.45) is 4.17. The van der Waals surface area contributed by atoms with Crippen molar-refractivity contribution in [3.05, 3.63) is 40.0 Å². The van der Waals surface area contributed by atoms with Gasteiger partial charge in [0, 0.05) is 38.2 Å². The van der Waals surface area contributed by atoms with E-state index in [2.05, 4.69) is 10.1 Å². The molecule has 0 aromatic heterocycles. The quantitative estimate of drug-likeness (QED) is 0.378. The molecule has 1 aliphatic heterocycles. The molecule has 0 unspecified atom stereocenters. The van der Waals surface area contributed by atoms with Crippen molar-refractivity contribution < 1.29 is 19.2 Å². The number of esters is 1. The van der Waals surface area contributed by atoms with Crippen LogP contribution < -0.4 is 10.2 Å². The Labute approximate surface area is 145 Å². The van der Waals surface area contributed by atoms with Crippen LogP contribution in [0.3, 0.4) is 0 Å². The predicted molar refractivity (Wildman–Crippen MR) is 93.2 cm³/mol. The minimum absolute atomic E-state index is 0.00927. The molecule has 2 rings (SSSR count). The molecule has 1 aromatic carbocycles. The van der Waals surface area contributed by atoms with E-state index in [1.807, 2.05) is 4.90 Å². The van der Waals surface area contributed by atoms with Gasteiger partial charge in [0.25, 0.3) is 5.69 Å². The van der Waals surface area contributed by atoms with Crippen molar-refractivity contribution in [1.82, 2.24) is 5.32 Å². The van der Waals surface area contributed by atoms with Crippen molar-refractivity contribution in [1.29, 1.82) is 0 Å². The van der Waals surface area contributed by atoms with Crippen LogP contribution in [-0.2, 0) is 14.3 Å². The van der Waals surface area contributed by atoms with E-state index >= 15 is 0 Å². The second kappa shape index (κ2) is 8.27. The Morgan fingerprint density at radius 1 is 1.36 bits per heavy atom. The van der Waals surface area contributed by atoms with E-state index in [4.69, 9.17) is 0 Å². The molecule has 1 aromatic rings. The summed E-state index contributed by atoms with van der Waals surface area (Å²) in [6, 6.07) is 4.96. The lowest BCUT2D eigenvalue weighted by Crippen LogP contribution is -2.44. The molecule has 0 spiro atoms. The molecule has 0 bridgehead atoms. The molecule has 25 heavy (non-hydrogen) atoms. The van der Waals surface area contributed by atoms with E-state index < -0.39 is 10.9 Å². The minimum atomic E-state index is -0.522. The number of benzene rings is 1. The molecular weight excluding hydrogens is 326 g/mol. The molecule has 8 nitrogen and oxygen atoms in total. The van der Waals surface area contributed by atoms with E-state index in [1.54, 1.807) is 12.1 Å². The zero-order valence-electron chi connectivity index (χ0n) is 14.2. The lowest BCUT2D eigenvalue weighted by molar-refractivity contribution is -0.384. The number of rotatable bonds is 5. The number of ether oxygens (including phenoxy) is 1. The van der Waals surface area contributed by atoms with Crippen LogP contribution in [0.5, 0.6) is 0 Å². The largest absolute Gasteiger partial charge is 0.466 e. The highest BCUT2D eigenvalue weighted by Crippen LogP contribution is 2.31. The maximum absolute atomic E-state index is 11.4. The zero-order chi connectivity index (χ0) is 18.4. The number of piperidine rings is 1. The summed E-state index contributed by atoms with van der Waals surface area (Å²) in [5.74, 6) is -0.585. The molecule has 0 aliphatic carbocycles. The molecular formula is C17H21N3O5. The van der Waals surface area contributed by atoms with Gasteiger partial charge in [-0.05, 0) is 30.5 Å². The highest BCUT2D eigenvalue weighted by Gasteiger charge is 2.25. The number of anilines is 1. The van der Waals surface area contributed by atoms with Gasteiger partial charge in [0.15, 0.2) is 0 Å². The maximum atomic E-state index is 11.4. The fourth-order valence-corrected chi connectivity index (χ4v) is 2.84. The molecule has 1 aliphatic rings. The Morgan fingerprint density at radius 2 is 2.04 bits per heavy atom. The fraction of sp³-hybridized carbons (Fsp3) is 0.412. The third-order valence-electron chi connectivity index (χ3n) is 4.05. The van der Waals surface area contributed by atoms with Crippen LogP contribution in [0.25, 0.3) is 6.08 Å². The summed E-state index contributed by atoms with van der Waals surface area (Å²) in [7, 11) is 1.27. The molecule has 1 amide bonds. The first-order valence-electron chi connectivity index (χ1n) is 7.97. The zero-order valence-corrected chi connectivity index (χ0v) is 14.2. The Balaban J connectivity index is 2.15. The van der Waals surface area contributed by atoms with Crippen LogP contribution in [0.15, 0.2) is 24.3 Å². The highest BCUT2D eigenvalue weighted by atomic mass is 16.6. The summed E-state index contributed by atoms with van der Waals surface area (Å²) in [6.45, 7) is 2.74. The van der Waals surface area contributed by atoms with Gasteiger partial charge in [-0.15, -0.1) is 0 Å². The third kappa shape index (κ3) is 5.03. The van der Waals surface area contributed by atoms with Gasteiger partial charge in [0.1, 0.15) is 5.69 Å². The van der Waals surface area contributed by atoms with Crippen LogP contribution in [0, 0.1) is 10.1 Å². The standard InChI is InChI=1S/C17H21N3O5/c1-12(21)18-14-7-9-19(10-8-14)15-5-3-13(4-6-17(22)25-2)11-16(15)20(23)24/h3-6,11,14H,7-10H2,1-2H3,(H,18,21)/b6-4+. The SMILES string of the molecule is COC(=O)/C=C/c1ccc(N2CCC(NC(C)=O)CC2)c([N+](=O)[O-])c1. The Kier molecular flexibility index (Phi) is 6.10. The van der Waals surface area contributed by atoms with E-state index in [0.717, 1.165) is 12.8 Å². The molecule has 8 heteroatoms. The van der Waals surface area contributed by atoms with Gasteiger partial charge in [-0.25, -0.2) is 4.79 Å². The molecule has 134 valence electrons. The van der Waals surface area contributed by atoms with Crippen molar-refractivity contribution in [2.45, 2.75) is 25.8 Å². The van der Waals surface area contributed by atoms with Crippen molar-refractivity contribution in [3.63, 3.8) is 0 Å². The summed E-state index contributed by atoms with van der Waals surface area (Å²) in [5, 5.41) is 14.3. The van der Waals surface area contributed by atoms with Crippen molar-refractivity contribution in [2.24, 2.45) is 0 Å². The molecule has 0 atom stereocenters. The Bertz CT molecular complexity index is 694. The predicted octanol–water partition coefficient (Wildman–Crippen LogP) is 1.89. The monoisotopic (exact) mass is 347 g/mol. The number of nitro benzene ring substituents is 1. The molecule has 0 saturated carbocycles. The van der Waals surface area contributed by atoms with E-state index in [1.165, 1.54) is 32.3 Å². The van der Waals surface area contributed by atoms with Crippen molar-refractivity contribution in [3.8, 4) is 0 Å². The first-order valence-corrected chi connectivity index (χ1v) is 7.97. The van der Waals surface area contributed by atoms with Crippen molar-refractivity contribution >= 4 is 29.3 Å². The molecule has 1 heterocycles. The molecule has 1 fully saturated rings. The lowest BCUT2D eigenvalue weighted by atomic mass is 10.0. The van der Waals surface area contributed by atoms with Crippen LogP contribution in [0.1, 0.15) is 25.3 Å². The molecule has 1 saturated heterocycles. The summed E-state index contributed by atoms with van der Waals surface area (Å²) < 4.78 is 4.51. The fourth-order valence-electron chi connectivity index (χ4n) is 2.84. The van der Waals surface area contributed by atoms with E-state index in [0.29, 0.717) is 24.3 Å². The van der Waals surface area contributed by atoms with Gasteiger partial charge in [0.2, 0.25) is 5.91 Å². The Morgan fingerprint density at radius 3 is 2.60 bits per heavy atom.